The zero-order valence-electron chi connectivity index (χ0n) is 9.37. The zero-order chi connectivity index (χ0) is 12.3. The van der Waals surface area contributed by atoms with Gasteiger partial charge in [0.25, 0.3) is 0 Å². The first kappa shape index (κ1) is 11.1. The summed E-state index contributed by atoms with van der Waals surface area (Å²) < 4.78 is 0. The van der Waals surface area contributed by atoms with Gasteiger partial charge >= 0.3 is 5.97 Å². The monoisotopic (exact) mass is 228 g/mol. The molecular weight excluding hydrogens is 216 g/mol. The molecule has 0 aliphatic heterocycles. The summed E-state index contributed by atoms with van der Waals surface area (Å²) in [6.45, 7) is 0. The summed E-state index contributed by atoms with van der Waals surface area (Å²) >= 11 is 0. The molecule has 0 spiro atoms. The molecule has 86 valence electrons. The Labute approximate surface area is 99.2 Å². The average Bonchev–Trinajstić information content (AvgIpc) is 2.39. The molecule has 0 saturated heterocycles. The molecule has 1 N–H and O–H groups in total. The molecule has 0 aliphatic carbocycles. The summed E-state index contributed by atoms with van der Waals surface area (Å²) in [5.74, 6) is -0.934. The van der Waals surface area contributed by atoms with Gasteiger partial charge < -0.3 is 10.0 Å². The highest BCUT2D eigenvalue weighted by molar-refractivity contribution is 5.95. The number of para-hydroxylation sites is 1. The fraction of sp³-hybridized carbons (Fsp3) is 0.0769. The molecule has 0 saturated carbocycles. The van der Waals surface area contributed by atoms with Crippen LogP contribution in [0.1, 0.15) is 10.4 Å². The quantitative estimate of drug-likeness (QED) is 0.877. The van der Waals surface area contributed by atoms with Gasteiger partial charge in [-0.3, -0.25) is 4.98 Å². The van der Waals surface area contributed by atoms with E-state index in [2.05, 4.69) is 4.98 Å². The fourth-order valence-corrected chi connectivity index (χ4v) is 1.64. The van der Waals surface area contributed by atoms with Crippen LogP contribution in [0.25, 0.3) is 0 Å². The molecule has 0 amide bonds. The van der Waals surface area contributed by atoms with Crippen LogP contribution in [-0.2, 0) is 0 Å². The summed E-state index contributed by atoms with van der Waals surface area (Å²) in [7, 11) is 1.82. The minimum Gasteiger partial charge on any atom is -0.478 e. The Balaban J connectivity index is 2.44. The van der Waals surface area contributed by atoms with Crippen LogP contribution in [0.15, 0.2) is 48.8 Å². The van der Waals surface area contributed by atoms with E-state index in [1.807, 2.05) is 25.2 Å². The first-order valence-electron chi connectivity index (χ1n) is 5.16. The van der Waals surface area contributed by atoms with Gasteiger partial charge in [0.1, 0.15) is 0 Å². The van der Waals surface area contributed by atoms with E-state index in [4.69, 9.17) is 5.11 Å². The van der Waals surface area contributed by atoms with Gasteiger partial charge in [0.2, 0.25) is 0 Å². The van der Waals surface area contributed by atoms with E-state index >= 15 is 0 Å². The molecule has 17 heavy (non-hydrogen) atoms. The van der Waals surface area contributed by atoms with Crippen LogP contribution in [0.3, 0.4) is 0 Å². The molecule has 0 unspecified atom stereocenters. The van der Waals surface area contributed by atoms with Crippen LogP contribution in [0.5, 0.6) is 0 Å². The highest BCUT2D eigenvalue weighted by Crippen LogP contribution is 2.25. The second-order valence-electron chi connectivity index (χ2n) is 3.59. The molecule has 0 fully saturated rings. The number of hydrogen-bond donors (Lipinski definition) is 1. The average molecular weight is 228 g/mol. The van der Waals surface area contributed by atoms with E-state index in [0.717, 1.165) is 5.69 Å². The second kappa shape index (κ2) is 4.65. The fourth-order valence-electron chi connectivity index (χ4n) is 1.64. The summed E-state index contributed by atoms with van der Waals surface area (Å²) in [5, 5.41) is 9.12. The van der Waals surface area contributed by atoms with Crippen LogP contribution in [-0.4, -0.2) is 23.1 Å². The Morgan fingerprint density at radius 3 is 2.65 bits per heavy atom. The maximum absolute atomic E-state index is 11.1. The van der Waals surface area contributed by atoms with Crippen LogP contribution in [0, 0.1) is 0 Å². The molecule has 0 atom stereocenters. The van der Waals surface area contributed by atoms with Crippen LogP contribution >= 0.6 is 0 Å². The third-order valence-electron chi connectivity index (χ3n) is 2.53. The minimum absolute atomic E-state index is 0.277. The molecule has 1 aromatic carbocycles. The Hall–Kier alpha value is -2.36. The molecule has 1 heterocycles. The SMILES string of the molecule is CN(c1cccnc1)c1ccccc1C(=O)O. The van der Waals surface area contributed by atoms with Gasteiger partial charge in [0.05, 0.1) is 23.1 Å². The van der Waals surface area contributed by atoms with E-state index in [1.54, 1.807) is 35.5 Å². The van der Waals surface area contributed by atoms with Gasteiger partial charge in [-0.1, -0.05) is 12.1 Å². The van der Waals surface area contributed by atoms with Gasteiger partial charge in [0, 0.05) is 13.2 Å². The molecule has 2 aromatic rings. The van der Waals surface area contributed by atoms with Crippen molar-refractivity contribution in [1.29, 1.82) is 0 Å². The molecule has 4 nitrogen and oxygen atoms in total. The van der Waals surface area contributed by atoms with Crippen LogP contribution in [0.2, 0.25) is 0 Å². The number of carboxylic acids is 1. The van der Waals surface area contributed by atoms with Crippen molar-refractivity contribution in [3.05, 3.63) is 54.4 Å². The van der Waals surface area contributed by atoms with Crippen molar-refractivity contribution in [3.8, 4) is 0 Å². The normalized spacial score (nSPS) is 9.94. The van der Waals surface area contributed by atoms with Crippen molar-refractivity contribution in [1.82, 2.24) is 4.98 Å². The number of nitrogens with zero attached hydrogens (tertiary/aromatic N) is 2. The topological polar surface area (TPSA) is 53.4 Å². The number of rotatable bonds is 3. The van der Waals surface area contributed by atoms with Gasteiger partial charge in [0.15, 0.2) is 0 Å². The standard InChI is InChI=1S/C13H12N2O2/c1-15(10-5-4-8-14-9-10)12-7-3-2-6-11(12)13(16)17/h2-9H,1H3,(H,16,17). The number of benzene rings is 1. The number of aromatic carboxylic acids is 1. The second-order valence-corrected chi connectivity index (χ2v) is 3.59. The van der Waals surface area contributed by atoms with Crippen molar-refractivity contribution in [2.45, 2.75) is 0 Å². The lowest BCUT2D eigenvalue weighted by Gasteiger charge is -2.20. The lowest BCUT2D eigenvalue weighted by molar-refractivity contribution is 0.0697. The molecule has 4 heteroatoms. The highest BCUT2D eigenvalue weighted by Gasteiger charge is 2.13. The highest BCUT2D eigenvalue weighted by atomic mass is 16.4. The van der Waals surface area contributed by atoms with E-state index in [9.17, 15) is 4.79 Å². The summed E-state index contributed by atoms with van der Waals surface area (Å²) in [6.07, 6.45) is 3.37. The van der Waals surface area contributed by atoms with Crippen molar-refractivity contribution in [3.63, 3.8) is 0 Å². The van der Waals surface area contributed by atoms with E-state index < -0.39 is 5.97 Å². The number of carboxylic acid groups (broad SMARTS) is 1. The van der Waals surface area contributed by atoms with E-state index in [-0.39, 0.29) is 5.56 Å². The third-order valence-corrected chi connectivity index (χ3v) is 2.53. The largest absolute Gasteiger partial charge is 0.478 e. The summed E-state index contributed by atoms with van der Waals surface area (Å²) in [4.78, 5) is 16.9. The minimum atomic E-state index is -0.934. The van der Waals surface area contributed by atoms with Gasteiger partial charge in [-0.2, -0.15) is 0 Å². The number of anilines is 2. The maximum Gasteiger partial charge on any atom is 0.337 e. The summed E-state index contributed by atoms with van der Waals surface area (Å²) in [6, 6.07) is 10.6. The van der Waals surface area contributed by atoms with Crippen molar-refractivity contribution < 1.29 is 9.90 Å². The van der Waals surface area contributed by atoms with Crippen molar-refractivity contribution >= 4 is 17.3 Å². The van der Waals surface area contributed by atoms with Gasteiger partial charge in [-0.25, -0.2) is 4.79 Å². The Morgan fingerprint density at radius 2 is 2.00 bits per heavy atom. The molecular formula is C13H12N2O2. The van der Waals surface area contributed by atoms with E-state index in [1.165, 1.54) is 0 Å². The lowest BCUT2D eigenvalue weighted by atomic mass is 10.1. The lowest BCUT2D eigenvalue weighted by Crippen LogP contribution is -2.13. The Morgan fingerprint density at radius 1 is 1.24 bits per heavy atom. The van der Waals surface area contributed by atoms with Crippen LogP contribution in [0.4, 0.5) is 11.4 Å². The smallest absolute Gasteiger partial charge is 0.337 e. The van der Waals surface area contributed by atoms with Gasteiger partial charge in [-0.05, 0) is 24.3 Å². The Bertz CT molecular complexity index is 526. The van der Waals surface area contributed by atoms with Gasteiger partial charge in [-0.15, -0.1) is 0 Å². The molecule has 2 rings (SSSR count). The number of aromatic nitrogens is 1. The summed E-state index contributed by atoms with van der Waals surface area (Å²) in [5.41, 5.74) is 1.77. The molecule has 0 bridgehead atoms. The molecule has 1 aromatic heterocycles. The first-order valence-corrected chi connectivity index (χ1v) is 5.16. The number of pyridine rings is 1. The number of hydrogen-bond acceptors (Lipinski definition) is 3. The first-order chi connectivity index (χ1) is 8.20. The number of carbonyl (C=O) groups is 1. The van der Waals surface area contributed by atoms with Crippen LogP contribution < -0.4 is 4.90 Å². The Kier molecular flexibility index (Phi) is 3.05. The zero-order valence-corrected chi connectivity index (χ0v) is 9.37. The maximum atomic E-state index is 11.1. The van der Waals surface area contributed by atoms with Crippen molar-refractivity contribution in [2.24, 2.45) is 0 Å². The molecule has 0 aliphatic rings. The molecule has 0 radical (unpaired) electrons. The third kappa shape index (κ3) is 2.25. The van der Waals surface area contributed by atoms with E-state index in [0.29, 0.717) is 5.69 Å². The predicted molar refractivity (Wildman–Crippen MR) is 65.7 cm³/mol. The van der Waals surface area contributed by atoms with Crippen molar-refractivity contribution in [2.75, 3.05) is 11.9 Å². The predicted octanol–water partition coefficient (Wildman–Crippen LogP) is 2.55.